The first-order chi connectivity index (χ1) is 16.5. The zero-order valence-corrected chi connectivity index (χ0v) is 18.5. The lowest BCUT2D eigenvalue weighted by atomic mass is 10.1. The molecule has 0 radical (unpaired) electrons. The molecule has 0 atom stereocenters. The Morgan fingerprint density at radius 2 is 1.74 bits per heavy atom. The van der Waals surface area contributed by atoms with Crippen LogP contribution in [-0.2, 0) is 17.9 Å². The average molecular weight is 471 g/mol. The third-order valence-corrected chi connectivity index (χ3v) is 5.99. The van der Waals surface area contributed by atoms with E-state index in [0.717, 1.165) is 22.2 Å². The predicted molar refractivity (Wildman–Crippen MR) is 127 cm³/mol. The van der Waals surface area contributed by atoms with Crippen LogP contribution in [-0.4, -0.2) is 21.0 Å². The molecule has 0 saturated carbocycles. The molecule has 4 rings (SSSR count). The van der Waals surface area contributed by atoms with Gasteiger partial charge in [-0.3, -0.25) is 24.6 Å². The Morgan fingerprint density at radius 3 is 2.47 bits per heavy atom. The highest BCUT2D eigenvalue weighted by Gasteiger charge is 2.35. The Morgan fingerprint density at radius 1 is 1.03 bits per heavy atom. The molecular weight excluding hydrogens is 454 g/mol. The quantitative estimate of drug-likeness (QED) is 0.262. The summed E-state index contributed by atoms with van der Waals surface area (Å²) in [7, 11) is 0. The second-order valence-corrected chi connectivity index (χ2v) is 8.28. The van der Waals surface area contributed by atoms with Gasteiger partial charge in [0.05, 0.1) is 28.0 Å². The van der Waals surface area contributed by atoms with Crippen molar-refractivity contribution in [2.45, 2.75) is 13.2 Å². The van der Waals surface area contributed by atoms with Crippen molar-refractivity contribution in [3.63, 3.8) is 0 Å². The van der Waals surface area contributed by atoms with Crippen molar-refractivity contribution in [1.29, 1.82) is 5.26 Å². The fraction of sp³-hybridized carbons (Fsp3) is 0.0800. The summed E-state index contributed by atoms with van der Waals surface area (Å²) < 4.78 is 5.88. The molecule has 9 heteroatoms. The van der Waals surface area contributed by atoms with E-state index in [0.29, 0.717) is 22.4 Å². The number of para-hydroxylation sites is 1. The lowest BCUT2D eigenvalue weighted by molar-refractivity contribution is -0.384. The minimum absolute atomic E-state index is 0.00253. The average Bonchev–Trinajstić information content (AvgIpc) is 3.11. The number of benzene rings is 3. The minimum atomic E-state index is -0.466. The third kappa shape index (κ3) is 4.98. The fourth-order valence-electron chi connectivity index (χ4n) is 3.32. The monoisotopic (exact) mass is 471 g/mol. The van der Waals surface area contributed by atoms with Gasteiger partial charge in [-0.2, -0.15) is 5.26 Å². The summed E-state index contributed by atoms with van der Waals surface area (Å²) in [5.41, 5.74) is 2.37. The highest BCUT2D eigenvalue weighted by atomic mass is 32.2. The van der Waals surface area contributed by atoms with E-state index in [1.54, 1.807) is 66.7 Å². The Hall–Kier alpha value is -4.42. The largest absolute Gasteiger partial charge is 0.488 e. The fourth-order valence-corrected chi connectivity index (χ4v) is 4.15. The summed E-state index contributed by atoms with van der Waals surface area (Å²) in [6.07, 6.45) is 1.60. The number of carbonyl (C=O) groups is 2. The topological polar surface area (TPSA) is 114 Å². The SMILES string of the molecule is N#Cc1ccccc1CN1C(=O)S/C(=C\c2ccccc2OCc2ccc([N+](=O)[O-])cc2)C1=O. The van der Waals surface area contributed by atoms with Crippen LogP contribution in [0.4, 0.5) is 10.5 Å². The van der Waals surface area contributed by atoms with Crippen molar-refractivity contribution in [3.05, 3.63) is 110 Å². The summed E-state index contributed by atoms with van der Waals surface area (Å²) in [5, 5.41) is 19.7. The molecule has 3 aromatic carbocycles. The van der Waals surface area contributed by atoms with Crippen molar-refractivity contribution in [1.82, 2.24) is 4.90 Å². The van der Waals surface area contributed by atoms with Crippen LogP contribution in [0.5, 0.6) is 5.75 Å². The molecule has 1 heterocycles. The van der Waals surface area contributed by atoms with Crippen LogP contribution in [0.3, 0.4) is 0 Å². The van der Waals surface area contributed by atoms with Gasteiger partial charge < -0.3 is 4.74 Å². The van der Waals surface area contributed by atoms with Gasteiger partial charge in [-0.15, -0.1) is 0 Å². The summed E-state index contributed by atoms with van der Waals surface area (Å²) in [6.45, 7) is 0.194. The van der Waals surface area contributed by atoms with E-state index in [9.17, 15) is 25.0 Å². The van der Waals surface area contributed by atoms with Gasteiger partial charge in [0.2, 0.25) is 0 Å². The molecule has 0 aromatic heterocycles. The lowest BCUT2D eigenvalue weighted by Gasteiger charge is -2.13. The molecule has 1 aliphatic heterocycles. The maximum Gasteiger partial charge on any atom is 0.293 e. The Labute approximate surface area is 199 Å². The van der Waals surface area contributed by atoms with Crippen molar-refractivity contribution < 1.29 is 19.2 Å². The highest BCUT2D eigenvalue weighted by molar-refractivity contribution is 8.18. The highest BCUT2D eigenvalue weighted by Crippen LogP contribution is 2.35. The van der Waals surface area contributed by atoms with Crippen molar-refractivity contribution in [2.75, 3.05) is 0 Å². The predicted octanol–water partition coefficient (Wildman–Crippen LogP) is 5.28. The summed E-state index contributed by atoms with van der Waals surface area (Å²) in [5.74, 6) is 0.0652. The van der Waals surface area contributed by atoms with E-state index in [1.165, 1.54) is 12.1 Å². The number of hydrogen-bond acceptors (Lipinski definition) is 7. The standard InChI is InChI=1S/C25H17N3O5S/c26-14-19-6-1-2-7-20(19)15-27-24(29)23(34-25(27)30)13-18-5-3-4-8-22(18)33-16-17-9-11-21(12-10-17)28(31)32/h1-13H,15-16H2/b23-13-. The second-order valence-electron chi connectivity index (χ2n) is 7.29. The third-order valence-electron chi connectivity index (χ3n) is 5.09. The Kier molecular flexibility index (Phi) is 6.71. The normalized spacial score (nSPS) is 14.3. The van der Waals surface area contributed by atoms with Crippen molar-refractivity contribution in [3.8, 4) is 11.8 Å². The molecule has 1 fully saturated rings. The number of nitriles is 1. The van der Waals surface area contributed by atoms with E-state index in [4.69, 9.17) is 4.74 Å². The maximum atomic E-state index is 12.9. The number of imide groups is 1. The minimum Gasteiger partial charge on any atom is -0.488 e. The zero-order valence-electron chi connectivity index (χ0n) is 17.7. The molecule has 8 nitrogen and oxygen atoms in total. The number of nitrogens with zero attached hydrogens (tertiary/aromatic N) is 3. The summed E-state index contributed by atoms with van der Waals surface area (Å²) >= 11 is 0.833. The number of amides is 2. The van der Waals surface area contributed by atoms with Gasteiger partial charge in [-0.05, 0) is 53.2 Å². The van der Waals surface area contributed by atoms with Crippen LogP contribution in [0.25, 0.3) is 6.08 Å². The molecule has 1 aliphatic rings. The van der Waals surface area contributed by atoms with Gasteiger partial charge in [0.25, 0.3) is 16.8 Å². The van der Waals surface area contributed by atoms with Crippen LogP contribution >= 0.6 is 11.8 Å². The van der Waals surface area contributed by atoms with Crippen LogP contribution < -0.4 is 4.74 Å². The van der Waals surface area contributed by atoms with Gasteiger partial charge in [-0.25, -0.2) is 0 Å². The Balaban J connectivity index is 1.51. The van der Waals surface area contributed by atoms with E-state index in [1.807, 2.05) is 0 Å². The molecule has 2 amide bonds. The molecular formula is C25H17N3O5S. The summed E-state index contributed by atoms with van der Waals surface area (Å²) in [4.78, 5) is 37.2. The van der Waals surface area contributed by atoms with Gasteiger partial charge in [-0.1, -0.05) is 36.4 Å². The zero-order chi connectivity index (χ0) is 24.1. The summed E-state index contributed by atoms with van der Waals surface area (Å²) in [6, 6.07) is 22.0. The van der Waals surface area contributed by atoms with Crippen LogP contribution in [0.1, 0.15) is 22.3 Å². The molecule has 1 saturated heterocycles. The number of hydrogen-bond donors (Lipinski definition) is 0. The first kappa shape index (κ1) is 22.8. The molecule has 34 heavy (non-hydrogen) atoms. The van der Waals surface area contributed by atoms with Crippen molar-refractivity contribution in [2.24, 2.45) is 0 Å². The molecule has 3 aromatic rings. The lowest BCUT2D eigenvalue weighted by Crippen LogP contribution is -2.27. The Bertz CT molecular complexity index is 1350. The van der Waals surface area contributed by atoms with Gasteiger partial charge in [0.1, 0.15) is 12.4 Å². The number of non-ortho nitro benzene ring substituents is 1. The van der Waals surface area contributed by atoms with Crippen LogP contribution in [0, 0.1) is 21.4 Å². The number of ether oxygens (including phenoxy) is 1. The molecule has 0 bridgehead atoms. The molecule has 0 spiro atoms. The number of carbonyl (C=O) groups excluding carboxylic acids is 2. The van der Waals surface area contributed by atoms with Crippen LogP contribution in [0.2, 0.25) is 0 Å². The molecule has 0 aliphatic carbocycles. The van der Waals surface area contributed by atoms with Gasteiger partial charge in [0, 0.05) is 17.7 Å². The van der Waals surface area contributed by atoms with Gasteiger partial charge >= 0.3 is 0 Å². The maximum absolute atomic E-state index is 12.9. The first-order valence-corrected chi connectivity index (χ1v) is 11.0. The smallest absolute Gasteiger partial charge is 0.293 e. The number of thioether (sulfide) groups is 1. The molecule has 0 unspecified atom stereocenters. The molecule has 168 valence electrons. The van der Waals surface area contributed by atoms with Crippen molar-refractivity contribution >= 4 is 34.7 Å². The van der Waals surface area contributed by atoms with Crippen LogP contribution in [0.15, 0.2) is 77.7 Å². The number of rotatable bonds is 7. The second kappa shape index (κ2) is 10.0. The van der Waals surface area contributed by atoms with E-state index in [-0.39, 0.29) is 23.7 Å². The number of nitro groups is 1. The van der Waals surface area contributed by atoms with Gasteiger partial charge in [0.15, 0.2) is 0 Å². The van der Waals surface area contributed by atoms with E-state index >= 15 is 0 Å². The molecule has 0 N–H and O–H groups in total. The van der Waals surface area contributed by atoms with E-state index in [2.05, 4.69) is 6.07 Å². The first-order valence-electron chi connectivity index (χ1n) is 10.1. The number of nitro benzene ring substituents is 1. The van der Waals surface area contributed by atoms with E-state index < -0.39 is 16.1 Å².